The van der Waals surface area contributed by atoms with Crippen LogP contribution in [0.25, 0.3) is 0 Å². The lowest BCUT2D eigenvalue weighted by atomic mass is 10.2. The van der Waals surface area contributed by atoms with E-state index in [0.717, 1.165) is 5.75 Å². The van der Waals surface area contributed by atoms with Crippen LogP contribution in [0.4, 0.5) is 0 Å². The van der Waals surface area contributed by atoms with Crippen LogP contribution in [0.5, 0.6) is 11.5 Å². The van der Waals surface area contributed by atoms with Gasteiger partial charge in [-0.15, -0.1) is 0 Å². The molecular weight excluding hydrogens is 364 g/mol. The Labute approximate surface area is 164 Å². The number of aliphatic hydroxyl groups is 1. The zero-order chi connectivity index (χ0) is 19.5. The van der Waals surface area contributed by atoms with Crippen LogP contribution in [0.3, 0.4) is 0 Å². The predicted octanol–water partition coefficient (Wildman–Crippen LogP) is 2.52. The molecule has 0 radical (unpaired) electrons. The van der Waals surface area contributed by atoms with Gasteiger partial charge in [0.05, 0.1) is 18.2 Å². The SMILES string of the molecule is CCC(CO)NC(=S)NC(=O)c1ccccc1OCCOc1ccccc1. The Kier molecular flexibility index (Phi) is 8.54. The van der Waals surface area contributed by atoms with E-state index in [1.54, 1.807) is 24.3 Å². The third kappa shape index (κ3) is 6.88. The molecule has 1 amide bonds. The first kappa shape index (κ1) is 20.7. The number of thiocarbonyl (C=S) groups is 1. The van der Waals surface area contributed by atoms with Gasteiger partial charge in [0.25, 0.3) is 5.91 Å². The number of hydrogen-bond acceptors (Lipinski definition) is 5. The van der Waals surface area contributed by atoms with Gasteiger partial charge >= 0.3 is 0 Å². The van der Waals surface area contributed by atoms with Crippen molar-refractivity contribution >= 4 is 23.2 Å². The van der Waals surface area contributed by atoms with Crippen molar-refractivity contribution in [3.63, 3.8) is 0 Å². The summed E-state index contributed by atoms with van der Waals surface area (Å²) in [5.41, 5.74) is 0.374. The van der Waals surface area contributed by atoms with Gasteiger partial charge in [-0.2, -0.15) is 0 Å². The third-order valence-corrected chi connectivity index (χ3v) is 3.98. The maximum atomic E-state index is 12.5. The molecule has 0 aromatic heterocycles. The highest BCUT2D eigenvalue weighted by Crippen LogP contribution is 2.18. The molecule has 1 unspecified atom stereocenters. The fourth-order valence-corrected chi connectivity index (χ4v) is 2.54. The molecule has 0 saturated heterocycles. The first-order valence-corrected chi connectivity index (χ1v) is 9.17. The average Bonchev–Trinajstić information content (AvgIpc) is 2.70. The number of rotatable bonds is 9. The van der Waals surface area contributed by atoms with Gasteiger partial charge in [-0.3, -0.25) is 10.1 Å². The molecular formula is C20H24N2O4S. The minimum Gasteiger partial charge on any atom is -0.490 e. The number of aliphatic hydroxyl groups excluding tert-OH is 1. The highest BCUT2D eigenvalue weighted by Gasteiger charge is 2.15. The Hall–Kier alpha value is -2.64. The molecule has 0 bridgehead atoms. The number of ether oxygens (including phenoxy) is 2. The van der Waals surface area contributed by atoms with Crippen LogP contribution < -0.4 is 20.1 Å². The summed E-state index contributed by atoms with van der Waals surface area (Å²) >= 11 is 5.13. The van der Waals surface area contributed by atoms with E-state index < -0.39 is 0 Å². The molecule has 2 aromatic carbocycles. The number of nitrogens with one attached hydrogen (secondary N) is 2. The van der Waals surface area contributed by atoms with E-state index in [1.165, 1.54) is 0 Å². The summed E-state index contributed by atoms with van der Waals surface area (Å²) in [6, 6.07) is 16.2. The molecule has 0 saturated carbocycles. The molecule has 0 aliphatic carbocycles. The minimum absolute atomic E-state index is 0.0619. The first-order chi connectivity index (χ1) is 13.1. The van der Waals surface area contributed by atoms with Crippen molar-refractivity contribution in [3.05, 3.63) is 60.2 Å². The van der Waals surface area contributed by atoms with Crippen LogP contribution in [0.15, 0.2) is 54.6 Å². The second-order valence-electron chi connectivity index (χ2n) is 5.72. The quantitative estimate of drug-likeness (QED) is 0.453. The van der Waals surface area contributed by atoms with E-state index >= 15 is 0 Å². The maximum Gasteiger partial charge on any atom is 0.261 e. The van der Waals surface area contributed by atoms with Crippen LogP contribution in [0.1, 0.15) is 23.7 Å². The molecule has 0 aliphatic rings. The van der Waals surface area contributed by atoms with Gasteiger partial charge in [-0.05, 0) is 42.9 Å². The van der Waals surface area contributed by atoms with Crippen LogP contribution in [0.2, 0.25) is 0 Å². The molecule has 7 heteroatoms. The van der Waals surface area contributed by atoms with Gasteiger partial charge in [-0.1, -0.05) is 37.3 Å². The number of amides is 1. The second-order valence-corrected chi connectivity index (χ2v) is 6.13. The van der Waals surface area contributed by atoms with Crippen LogP contribution in [-0.4, -0.2) is 42.0 Å². The van der Waals surface area contributed by atoms with Crippen LogP contribution in [-0.2, 0) is 0 Å². The zero-order valence-corrected chi connectivity index (χ0v) is 16.0. The van der Waals surface area contributed by atoms with E-state index in [1.807, 2.05) is 37.3 Å². The number of para-hydroxylation sites is 2. The summed E-state index contributed by atoms with van der Waals surface area (Å²) in [6.45, 7) is 2.51. The van der Waals surface area contributed by atoms with Gasteiger partial charge < -0.3 is 19.9 Å². The molecule has 0 aliphatic heterocycles. The Bertz CT molecular complexity index is 736. The smallest absolute Gasteiger partial charge is 0.261 e. The summed E-state index contributed by atoms with van der Waals surface area (Å²) in [4.78, 5) is 12.5. The Morgan fingerprint density at radius 2 is 1.74 bits per heavy atom. The van der Waals surface area contributed by atoms with Crippen molar-refractivity contribution < 1.29 is 19.4 Å². The maximum absolute atomic E-state index is 12.5. The van der Waals surface area contributed by atoms with Crippen molar-refractivity contribution in [1.82, 2.24) is 10.6 Å². The standard InChI is InChI=1S/C20H24N2O4S/c1-2-15(14-23)21-20(27)22-19(24)17-10-6-7-11-18(17)26-13-12-25-16-8-4-3-5-9-16/h3-11,15,23H,2,12-14H2,1H3,(H2,21,22,24,27). The van der Waals surface area contributed by atoms with E-state index in [-0.39, 0.29) is 23.7 Å². The van der Waals surface area contributed by atoms with Gasteiger partial charge in [0.15, 0.2) is 5.11 Å². The van der Waals surface area contributed by atoms with Crippen molar-refractivity contribution in [2.24, 2.45) is 0 Å². The molecule has 0 heterocycles. The molecule has 3 N–H and O–H groups in total. The van der Waals surface area contributed by atoms with E-state index in [4.69, 9.17) is 21.7 Å². The summed E-state index contributed by atoms with van der Waals surface area (Å²) in [6.07, 6.45) is 0.688. The third-order valence-electron chi connectivity index (χ3n) is 3.76. The molecule has 0 fully saturated rings. The fourth-order valence-electron chi connectivity index (χ4n) is 2.28. The van der Waals surface area contributed by atoms with E-state index in [0.29, 0.717) is 30.9 Å². The fraction of sp³-hybridized carbons (Fsp3) is 0.300. The number of hydrogen-bond donors (Lipinski definition) is 3. The normalized spacial score (nSPS) is 11.3. The van der Waals surface area contributed by atoms with E-state index in [2.05, 4.69) is 10.6 Å². The number of benzene rings is 2. The molecule has 1 atom stereocenters. The summed E-state index contributed by atoms with van der Waals surface area (Å²) in [5.74, 6) is 0.835. The van der Waals surface area contributed by atoms with Crippen molar-refractivity contribution in [1.29, 1.82) is 0 Å². The predicted molar refractivity (Wildman–Crippen MR) is 108 cm³/mol. The van der Waals surface area contributed by atoms with Gasteiger partial charge in [0, 0.05) is 0 Å². The zero-order valence-electron chi connectivity index (χ0n) is 15.2. The molecule has 144 valence electrons. The average molecular weight is 388 g/mol. The van der Waals surface area contributed by atoms with E-state index in [9.17, 15) is 9.90 Å². The summed E-state index contributed by atoms with van der Waals surface area (Å²) < 4.78 is 11.3. The highest BCUT2D eigenvalue weighted by atomic mass is 32.1. The first-order valence-electron chi connectivity index (χ1n) is 8.76. The number of carbonyl (C=O) groups excluding carboxylic acids is 1. The molecule has 27 heavy (non-hydrogen) atoms. The van der Waals surface area contributed by atoms with Crippen molar-refractivity contribution in [2.45, 2.75) is 19.4 Å². The molecule has 0 spiro atoms. The van der Waals surface area contributed by atoms with Gasteiger partial charge in [0.2, 0.25) is 0 Å². The molecule has 6 nitrogen and oxygen atoms in total. The van der Waals surface area contributed by atoms with Crippen molar-refractivity contribution in [2.75, 3.05) is 19.8 Å². The lowest BCUT2D eigenvalue weighted by Gasteiger charge is -2.17. The lowest BCUT2D eigenvalue weighted by Crippen LogP contribution is -2.45. The minimum atomic E-state index is -0.375. The van der Waals surface area contributed by atoms with Gasteiger partial charge in [-0.25, -0.2) is 0 Å². The van der Waals surface area contributed by atoms with Crippen molar-refractivity contribution in [3.8, 4) is 11.5 Å². The van der Waals surface area contributed by atoms with Gasteiger partial charge in [0.1, 0.15) is 24.7 Å². The molecule has 2 rings (SSSR count). The summed E-state index contributed by atoms with van der Waals surface area (Å²) in [7, 11) is 0. The highest BCUT2D eigenvalue weighted by molar-refractivity contribution is 7.80. The molecule has 2 aromatic rings. The Morgan fingerprint density at radius 3 is 2.44 bits per heavy atom. The number of carbonyl (C=O) groups is 1. The van der Waals surface area contributed by atoms with Crippen LogP contribution in [0, 0.1) is 0 Å². The lowest BCUT2D eigenvalue weighted by molar-refractivity contribution is 0.0970. The topological polar surface area (TPSA) is 79.8 Å². The summed E-state index contributed by atoms with van der Waals surface area (Å²) in [5, 5.41) is 14.9. The monoisotopic (exact) mass is 388 g/mol. The Balaban J connectivity index is 1.88. The second kappa shape index (κ2) is 11.2. The Morgan fingerprint density at radius 1 is 1.07 bits per heavy atom. The van der Waals surface area contributed by atoms with Crippen LogP contribution >= 0.6 is 12.2 Å². The largest absolute Gasteiger partial charge is 0.490 e.